The van der Waals surface area contributed by atoms with Gasteiger partial charge in [0.05, 0.1) is 0 Å². The molecule has 0 aromatic heterocycles. The fourth-order valence-corrected chi connectivity index (χ4v) is 3.32. The summed E-state index contributed by atoms with van der Waals surface area (Å²) in [5.74, 6) is 2.36. The Bertz CT molecular complexity index is 479. The zero-order valence-electron chi connectivity index (χ0n) is 12.9. The van der Waals surface area contributed by atoms with Crippen LogP contribution < -0.4 is 10.6 Å². The number of para-hydroxylation sites is 1. The lowest BCUT2D eigenvalue weighted by molar-refractivity contribution is 0.0523. The molecule has 1 fully saturated rings. The highest BCUT2D eigenvalue weighted by molar-refractivity contribution is 7.99. The molecule has 4 nitrogen and oxygen atoms in total. The van der Waals surface area contributed by atoms with E-state index < -0.39 is 5.60 Å². The van der Waals surface area contributed by atoms with Crippen molar-refractivity contribution < 1.29 is 9.53 Å². The van der Waals surface area contributed by atoms with E-state index in [2.05, 4.69) is 16.7 Å². The van der Waals surface area contributed by atoms with E-state index in [-0.39, 0.29) is 6.09 Å². The number of carbonyl (C=O) groups is 1. The largest absolute Gasteiger partial charge is 0.444 e. The Morgan fingerprint density at radius 1 is 1.38 bits per heavy atom. The van der Waals surface area contributed by atoms with Crippen molar-refractivity contribution in [3.63, 3.8) is 0 Å². The number of ether oxygens (including phenoxy) is 1. The van der Waals surface area contributed by atoms with Crippen LogP contribution in [0.15, 0.2) is 24.3 Å². The maximum Gasteiger partial charge on any atom is 0.407 e. The zero-order chi connectivity index (χ0) is 15.3. The first-order valence-electron chi connectivity index (χ1n) is 7.33. The third-order valence-corrected chi connectivity index (χ3v) is 4.29. The monoisotopic (exact) mass is 308 g/mol. The molecule has 1 aliphatic rings. The number of amides is 1. The highest BCUT2D eigenvalue weighted by Crippen LogP contribution is 2.23. The predicted octanol–water partition coefficient (Wildman–Crippen LogP) is 3.63. The summed E-state index contributed by atoms with van der Waals surface area (Å²) in [7, 11) is 0. The molecule has 1 aromatic carbocycles. The van der Waals surface area contributed by atoms with Gasteiger partial charge in [-0.1, -0.05) is 18.2 Å². The summed E-state index contributed by atoms with van der Waals surface area (Å²) in [5.41, 5.74) is 1.71. The lowest BCUT2D eigenvalue weighted by atomic mass is 10.1. The summed E-state index contributed by atoms with van der Waals surface area (Å²) < 4.78 is 5.26. The lowest BCUT2D eigenvalue weighted by Crippen LogP contribution is -2.32. The van der Waals surface area contributed by atoms with Crippen LogP contribution in [0.25, 0.3) is 0 Å². The van der Waals surface area contributed by atoms with Crippen molar-refractivity contribution in [2.45, 2.75) is 45.4 Å². The smallest absolute Gasteiger partial charge is 0.407 e. The average molecular weight is 308 g/mol. The summed E-state index contributed by atoms with van der Waals surface area (Å²) in [6.45, 7) is 6.05. The van der Waals surface area contributed by atoms with Crippen LogP contribution in [0.4, 0.5) is 10.5 Å². The first-order chi connectivity index (χ1) is 9.94. The number of carbonyl (C=O) groups excluding carboxylic acids is 1. The highest BCUT2D eigenvalue weighted by atomic mass is 32.2. The minimum Gasteiger partial charge on any atom is -0.444 e. The Morgan fingerprint density at radius 3 is 2.81 bits per heavy atom. The van der Waals surface area contributed by atoms with Gasteiger partial charge in [-0.25, -0.2) is 4.79 Å². The number of thioether (sulfide) groups is 1. The molecular formula is C16H24N2O2S. The van der Waals surface area contributed by atoms with Crippen molar-refractivity contribution >= 4 is 23.5 Å². The van der Waals surface area contributed by atoms with Gasteiger partial charge in [0.15, 0.2) is 0 Å². The fraction of sp³-hybridized carbons (Fsp3) is 0.562. The van der Waals surface area contributed by atoms with Gasteiger partial charge in [-0.05, 0) is 44.6 Å². The number of benzene rings is 1. The van der Waals surface area contributed by atoms with E-state index in [9.17, 15) is 4.79 Å². The zero-order valence-corrected chi connectivity index (χ0v) is 13.8. The molecule has 1 heterocycles. The number of anilines is 1. The molecule has 0 spiro atoms. The van der Waals surface area contributed by atoms with Crippen LogP contribution in [-0.2, 0) is 11.3 Å². The molecular weight excluding hydrogens is 284 g/mol. The molecule has 1 atom stereocenters. The minimum atomic E-state index is -0.469. The van der Waals surface area contributed by atoms with Gasteiger partial charge in [0, 0.05) is 24.0 Å². The van der Waals surface area contributed by atoms with Crippen LogP contribution in [0.1, 0.15) is 32.8 Å². The van der Waals surface area contributed by atoms with Crippen LogP contribution in [0.5, 0.6) is 0 Å². The fourth-order valence-electron chi connectivity index (χ4n) is 2.17. The van der Waals surface area contributed by atoms with E-state index >= 15 is 0 Å². The van der Waals surface area contributed by atoms with Crippen LogP contribution in [0, 0.1) is 0 Å². The minimum absolute atomic E-state index is 0.381. The lowest BCUT2D eigenvalue weighted by Gasteiger charge is -2.20. The van der Waals surface area contributed by atoms with E-state index in [4.69, 9.17) is 4.74 Å². The SMILES string of the molecule is CC(C)(C)OC(=O)NCc1ccccc1NC1CCSC1. The van der Waals surface area contributed by atoms with Crippen molar-refractivity contribution in [1.29, 1.82) is 0 Å². The maximum atomic E-state index is 11.7. The first-order valence-corrected chi connectivity index (χ1v) is 8.48. The van der Waals surface area contributed by atoms with Gasteiger partial charge in [0.25, 0.3) is 0 Å². The Kier molecular flexibility index (Phi) is 5.39. The molecule has 0 bridgehead atoms. The van der Waals surface area contributed by atoms with Crippen molar-refractivity contribution in [3.05, 3.63) is 29.8 Å². The summed E-state index contributed by atoms with van der Waals surface area (Å²) in [6.07, 6.45) is 0.812. The molecule has 116 valence electrons. The summed E-state index contributed by atoms with van der Waals surface area (Å²) in [6, 6.07) is 8.62. The molecule has 1 aliphatic heterocycles. The molecule has 0 saturated carbocycles. The van der Waals surface area contributed by atoms with Gasteiger partial charge >= 0.3 is 6.09 Å². The molecule has 1 aromatic rings. The van der Waals surface area contributed by atoms with Gasteiger partial charge in [0.2, 0.25) is 0 Å². The summed E-state index contributed by atoms with van der Waals surface area (Å²) in [5, 5.41) is 6.38. The molecule has 21 heavy (non-hydrogen) atoms. The van der Waals surface area contributed by atoms with Crippen LogP contribution in [0.2, 0.25) is 0 Å². The molecule has 0 aliphatic carbocycles. The van der Waals surface area contributed by atoms with E-state index in [1.165, 1.54) is 12.2 Å². The number of alkyl carbamates (subject to hydrolysis) is 1. The van der Waals surface area contributed by atoms with E-state index in [0.717, 1.165) is 17.0 Å². The van der Waals surface area contributed by atoms with E-state index in [0.29, 0.717) is 12.6 Å². The molecule has 0 radical (unpaired) electrons. The second-order valence-electron chi connectivity index (χ2n) is 6.22. The maximum absolute atomic E-state index is 11.7. The number of hydrogen-bond acceptors (Lipinski definition) is 4. The Hall–Kier alpha value is -1.36. The van der Waals surface area contributed by atoms with Gasteiger partial charge in [-0.3, -0.25) is 0 Å². The van der Waals surface area contributed by atoms with Crippen molar-refractivity contribution in [2.75, 3.05) is 16.8 Å². The van der Waals surface area contributed by atoms with Crippen LogP contribution in [0.3, 0.4) is 0 Å². The van der Waals surface area contributed by atoms with Crippen molar-refractivity contribution in [3.8, 4) is 0 Å². The standard InChI is InChI=1S/C16H24N2O2S/c1-16(2,3)20-15(19)17-10-12-6-4-5-7-14(12)18-13-8-9-21-11-13/h4-7,13,18H,8-11H2,1-3H3,(H,17,19). The number of hydrogen-bond donors (Lipinski definition) is 2. The average Bonchev–Trinajstić information content (AvgIpc) is 2.88. The van der Waals surface area contributed by atoms with Gasteiger partial charge in [0.1, 0.15) is 5.60 Å². The van der Waals surface area contributed by atoms with E-state index in [1.807, 2.05) is 50.7 Å². The Labute approximate surface area is 131 Å². The van der Waals surface area contributed by atoms with Gasteiger partial charge < -0.3 is 15.4 Å². The second-order valence-corrected chi connectivity index (χ2v) is 7.37. The quantitative estimate of drug-likeness (QED) is 0.892. The van der Waals surface area contributed by atoms with Gasteiger partial charge in [-0.2, -0.15) is 11.8 Å². The predicted molar refractivity (Wildman–Crippen MR) is 88.9 cm³/mol. The number of rotatable bonds is 4. The molecule has 1 unspecified atom stereocenters. The first kappa shape index (κ1) is 16.0. The molecule has 5 heteroatoms. The highest BCUT2D eigenvalue weighted by Gasteiger charge is 2.18. The van der Waals surface area contributed by atoms with Gasteiger partial charge in [-0.15, -0.1) is 0 Å². The molecule has 2 rings (SSSR count). The van der Waals surface area contributed by atoms with Crippen molar-refractivity contribution in [1.82, 2.24) is 5.32 Å². The Morgan fingerprint density at radius 2 is 2.14 bits per heavy atom. The topological polar surface area (TPSA) is 50.4 Å². The summed E-state index contributed by atoms with van der Waals surface area (Å²) in [4.78, 5) is 11.7. The normalized spacial score (nSPS) is 18.3. The summed E-state index contributed by atoms with van der Waals surface area (Å²) >= 11 is 1.98. The second kappa shape index (κ2) is 7.07. The molecule has 1 amide bonds. The molecule has 1 saturated heterocycles. The van der Waals surface area contributed by atoms with Crippen molar-refractivity contribution in [2.24, 2.45) is 0 Å². The number of nitrogens with one attached hydrogen (secondary N) is 2. The van der Waals surface area contributed by atoms with Crippen LogP contribution in [-0.4, -0.2) is 29.2 Å². The third kappa shape index (κ3) is 5.50. The van der Waals surface area contributed by atoms with E-state index in [1.54, 1.807) is 0 Å². The van der Waals surface area contributed by atoms with Crippen LogP contribution >= 0.6 is 11.8 Å². The third-order valence-electron chi connectivity index (χ3n) is 3.13. The molecule has 2 N–H and O–H groups in total. The Balaban J connectivity index is 1.91.